The van der Waals surface area contributed by atoms with Gasteiger partial charge in [-0.15, -0.1) is 0 Å². The van der Waals surface area contributed by atoms with E-state index in [1.807, 2.05) is 0 Å². The molecule has 2 amide bonds. The molecule has 3 heterocycles. The maximum absolute atomic E-state index is 12.6. The molecule has 0 spiro atoms. The minimum Gasteiger partial charge on any atom is -0.326 e. The third-order valence-corrected chi connectivity index (χ3v) is 5.80. The number of pyridine rings is 2. The Kier molecular flexibility index (Phi) is 6.32. The van der Waals surface area contributed by atoms with Crippen molar-refractivity contribution in [2.75, 3.05) is 10.2 Å². The Morgan fingerprint density at radius 2 is 1.81 bits per heavy atom. The van der Waals surface area contributed by atoms with Crippen LogP contribution in [0.1, 0.15) is 12.5 Å². The standard InChI is InChI=1S/C22H16Cl3N5O2/c1-13(31)30(19-7-10-29-18(22(19)25)6-9-27-29)20-11-14(5-8-26-20)28-21(32)12-15-16(23)3-2-4-17(15)24/h2-11H,12H2,1H3,(H,26,28,32). The van der Waals surface area contributed by atoms with Crippen molar-refractivity contribution in [3.63, 3.8) is 0 Å². The molecule has 0 bridgehead atoms. The molecule has 4 rings (SSSR count). The van der Waals surface area contributed by atoms with Crippen LogP contribution in [-0.2, 0) is 16.0 Å². The van der Waals surface area contributed by atoms with Gasteiger partial charge in [0.05, 0.1) is 28.8 Å². The smallest absolute Gasteiger partial charge is 0.229 e. The number of carbonyl (C=O) groups is 2. The van der Waals surface area contributed by atoms with Crippen LogP contribution in [-0.4, -0.2) is 26.4 Å². The Balaban J connectivity index is 1.62. The lowest BCUT2D eigenvalue weighted by Gasteiger charge is -2.22. The number of rotatable bonds is 5. The molecule has 3 aromatic heterocycles. The summed E-state index contributed by atoms with van der Waals surface area (Å²) in [5, 5.41) is 8.10. The number of fused-ring (bicyclic) bond motifs is 1. The molecular formula is C22H16Cl3N5O2. The Labute approximate surface area is 198 Å². The summed E-state index contributed by atoms with van der Waals surface area (Å²) in [6, 6.07) is 11.7. The number of nitrogens with zero attached hydrogens (tertiary/aromatic N) is 4. The predicted octanol–water partition coefficient (Wildman–Crippen LogP) is 5.56. The molecule has 0 unspecified atom stereocenters. The second-order valence-corrected chi connectivity index (χ2v) is 8.05. The van der Waals surface area contributed by atoms with E-state index in [9.17, 15) is 9.59 Å². The number of aromatic nitrogens is 3. The van der Waals surface area contributed by atoms with Crippen molar-refractivity contribution in [2.45, 2.75) is 13.3 Å². The van der Waals surface area contributed by atoms with Crippen LogP contribution in [0.3, 0.4) is 0 Å². The van der Waals surface area contributed by atoms with E-state index in [-0.39, 0.29) is 18.2 Å². The van der Waals surface area contributed by atoms with Crippen LogP contribution in [0.15, 0.2) is 61.1 Å². The molecule has 162 valence electrons. The van der Waals surface area contributed by atoms with Gasteiger partial charge in [0.1, 0.15) is 5.82 Å². The van der Waals surface area contributed by atoms with E-state index in [2.05, 4.69) is 15.4 Å². The first kappa shape index (κ1) is 22.1. The van der Waals surface area contributed by atoms with Gasteiger partial charge in [0, 0.05) is 41.1 Å². The molecule has 7 nitrogen and oxygen atoms in total. The summed E-state index contributed by atoms with van der Waals surface area (Å²) < 4.78 is 1.61. The number of anilines is 3. The van der Waals surface area contributed by atoms with Crippen LogP contribution in [0.4, 0.5) is 17.2 Å². The van der Waals surface area contributed by atoms with Crippen molar-refractivity contribution >= 4 is 69.3 Å². The van der Waals surface area contributed by atoms with Crippen LogP contribution in [0.25, 0.3) is 5.52 Å². The zero-order valence-electron chi connectivity index (χ0n) is 16.7. The van der Waals surface area contributed by atoms with Gasteiger partial charge in [-0.25, -0.2) is 9.50 Å². The second kappa shape index (κ2) is 9.16. The summed E-state index contributed by atoms with van der Waals surface area (Å²) in [6.07, 6.45) is 4.80. The molecule has 4 aromatic rings. The summed E-state index contributed by atoms with van der Waals surface area (Å²) in [7, 11) is 0. The van der Waals surface area contributed by atoms with E-state index < -0.39 is 0 Å². The highest BCUT2D eigenvalue weighted by Gasteiger charge is 2.21. The van der Waals surface area contributed by atoms with E-state index in [0.717, 1.165) is 0 Å². The highest BCUT2D eigenvalue weighted by molar-refractivity contribution is 6.37. The van der Waals surface area contributed by atoms with Gasteiger partial charge in [0.25, 0.3) is 0 Å². The lowest BCUT2D eigenvalue weighted by Crippen LogP contribution is -2.24. The number of hydrogen-bond acceptors (Lipinski definition) is 4. The molecule has 0 aliphatic heterocycles. The lowest BCUT2D eigenvalue weighted by atomic mass is 10.1. The summed E-state index contributed by atoms with van der Waals surface area (Å²) in [4.78, 5) is 30.8. The fourth-order valence-electron chi connectivity index (χ4n) is 3.26. The molecule has 0 saturated carbocycles. The van der Waals surface area contributed by atoms with Crippen LogP contribution < -0.4 is 10.2 Å². The number of nitrogens with one attached hydrogen (secondary N) is 1. The molecular weight excluding hydrogens is 473 g/mol. The first-order valence-corrected chi connectivity index (χ1v) is 10.6. The first-order chi connectivity index (χ1) is 15.3. The normalized spacial score (nSPS) is 10.9. The molecule has 0 saturated heterocycles. The molecule has 10 heteroatoms. The van der Waals surface area contributed by atoms with Gasteiger partial charge in [-0.1, -0.05) is 40.9 Å². The quantitative estimate of drug-likeness (QED) is 0.399. The number of benzene rings is 1. The Morgan fingerprint density at radius 3 is 2.53 bits per heavy atom. The molecule has 0 fully saturated rings. The monoisotopic (exact) mass is 487 g/mol. The van der Waals surface area contributed by atoms with Gasteiger partial charge in [-0.05, 0) is 35.9 Å². The SMILES string of the molecule is CC(=O)N(c1cc(NC(=O)Cc2c(Cl)cccc2Cl)ccn1)c1ccn2nccc2c1Cl. The van der Waals surface area contributed by atoms with E-state index in [4.69, 9.17) is 34.8 Å². The minimum atomic E-state index is -0.315. The molecule has 0 atom stereocenters. The van der Waals surface area contributed by atoms with Crippen molar-refractivity contribution < 1.29 is 9.59 Å². The Hall–Kier alpha value is -3.13. The lowest BCUT2D eigenvalue weighted by molar-refractivity contribution is -0.116. The van der Waals surface area contributed by atoms with E-state index in [0.29, 0.717) is 43.3 Å². The third kappa shape index (κ3) is 4.41. The zero-order valence-corrected chi connectivity index (χ0v) is 19.0. The fourth-order valence-corrected chi connectivity index (χ4v) is 4.09. The highest BCUT2D eigenvalue weighted by Crippen LogP contribution is 2.34. The van der Waals surface area contributed by atoms with E-state index in [1.165, 1.54) is 18.0 Å². The molecule has 0 aliphatic rings. The largest absolute Gasteiger partial charge is 0.326 e. The number of amides is 2. The van der Waals surface area contributed by atoms with Crippen molar-refractivity contribution in [2.24, 2.45) is 0 Å². The molecule has 0 aliphatic carbocycles. The maximum Gasteiger partial charge on any atom is 0.229 e. The molecule has 1 aromatic carbocycles. The molecule has 1 N–H and O–H groups in total. The third-order valence-electron chi connectivity index (χ3n) is 4.71. The van der Waals surface area contributed by atoms with E-state index >= 15 is 0 Å². The minimum absolute atomic E-state index is 0.00368. The maximum atomic E-state index is 12.6. The summed E-state index contributed by atoms with van der Waals surface area (Å²) in [5.41, 5.74) is 2.09. The van der Waals surface area contributed by atoms with E-state index in [1.54, 1.807) is 59.4 Å². The van der Waals surface area contributed by atoms with Crippen LogP contribution in [0, 0.1) is 0 Å². The highest BCUT2D eigenvalue weighted by atomic mass is 35.5. The summed E-state index contributed by atoms with van der Waals surface area (Å²) in [5.74, 6) is -0.309. The van der Waals surface area contributed by atoms with Gasteiger partial charge < -0.3 is 5.32 Å². The second-order valence-electron chi connectivity index (χ2n) is 6.86. The first-order valence-electron chi connectivity index (χ1n) is 9.46. The van der Waals surface area contributed by atoms with Crippen LogP contribution in [0.5, 0.6) is 0 Å². The van der Waals surface area contributed by atoms with Gasteiger partial charge >= 0.3 is 0 Å². The number of halogens is 3. The van der Waals surface area contributed by atoms with Gasteiger partial charge in [-0.3, -0.25) is 14.5 Å². The topological polar surface area (TPSA) is 79.6 Å². The van der Waals surface area contributed by atoms with Gasteiger partial charge in [0.2, 0.25) is 11.8 Å². The summed E-state index contributed by atoms with van der Waals surface area (Å²) >= 11 is 18.9. The fraction of sp³-hybridized carbons (Fsp3) is 0.0909. The predicted molar refractivity (Wildman–Crippen MR) is 126 cm³/mol. The van der Waals surface area contributed by atoms with Crippen molar-refractivity contribution in [1.82, 2.24) is 14.6 Å². The number of hydrogen-bond donors (Lipinski definition) is 1. The van der Waals surface area contributed by atoms with Crippen molar-refractivity contribution in [3.05, 3.63) is 81.7 Å². The molecule has 32 heavy (non-hydrogen) atoms. The van der Waals surface area contributed by atoms with Crippen molar-refractivity contribution in [3.8, 4) is 0 Å². The Morgan fingerprint density at radius 1 is 1.06 bits per heavy atom. The number of carbonyl (C=O) groups excluding carboxylic acids is 2. The average Bonchev–Trinajstić information content (AvgIpc) is 3.23. The van der Waals surface area contributed by atoms with Crippen molar-refractivity contribution in [1.29, 1.82) is 0 Å². The van der Waals surface area contributed by atoms with Gasteiger partial charge in [-0.2, -0.15) is 5.10 Å². The zero-order chi connectivity index (χ0) is 22.8. The average molecular weight is 489 g/mol. The summed E-state index contributed by atoms with van der Waals surface area (Å²) in [6.45, 7) is 1.41. The van der Waals surface area contributed by atoms with Crippen LogP contribution in [0.2, 0.25) is 15.1 Å². The molecule has 0 radical (unpaired) electrons. The van der Waals surface area contributed by atoms with Gasteiger partial charge in [0.15, 0.2) is 0 Å². The Bertz CT molecular complexity index is 1320. The van der Waals surface area contributed by atoms with Crippen LogP contribution >= 0.6 is 34.8 Å².